The molecule has 119 valence electrons. The molecule has 0 bridgehead atoms. The van der Waals surface area contributed by atoms with Crippen LogP contribution >= 0.6 is 15.9 Å². The van der Waals surface area contributed by atoms with Crippen LogP contribution in [0.4, 0.5) is 0 Å². The normalized spacial score (nSPS) is 50.6. The summed E-state index contributed by atoms with van der Waals surface area (Å²) in [5.41, 5.74) is 0. The molecular formula is C18H31BrNSi. The maximum absolute atomic E-state index is 3.95. The number of fused-ring (bicyclic) bond motifs is 5. The third kappa shape index (κ3) is 2.41. The van der Waals surface area contributed by atoms with E-state index in [0.29, 0.717) is 0 Å². The van der Waals surface area contributed by atoms with Crippen LogP contribution in [0.3, 0.4) is 0 Å². The maximum Gasteiger partial charge on any atom is 0.119 e. The second-order valence-electron chi connectivity index (χ2n) is 9.09. The van der Waals surface area contributed by atoms with Gasteiger partial charge in [0.15, 0.2) is 0 Å². The molecule has 4 fully saturated rings. The molecule has 1 heterocycles. The Morgan fingerprint density at radius 1 is 1.00 bits per heavy atom. The van der Waals surface area contributed by atoms with E-state index in [0.717, 1.165) is 40.6 Å². The number of rotatable bonds is 1. The van der Waals surface area contributed by atoms with Crippen molar-refractivity contribution in [2.45, 2.75) is 81.5 Å². The first-order valence-corrected chi connectivity index (χ1v) is 13.6. The SMILES string of the molecule is C[Si](C)(C)N1C2CCC(Br)CC2C2[CH]C3CCCCC3C21. The van der Waals surface area contributed by atoms with Crippen LogP contribution in [-0.2, 0) is 0 Å². The molecule has 1 aliphatic heterocycles. The van der Waals surface area contributed by atoms with Gasteiger partial charge >= 0.3 is 0 Å². The van der Waals surface area contributed by atoms with E-state index in [1.54, 1.807) is 0 Å². The molecule has 0 amide bonds. The first-order chi connectivity index (χ1) is 9.97. The lowest BCUT2D eigenvalue weighted by atomic mass is 9.78. The summed E-state index contributed by atoms with van der Waals surface area (Å²) in [5, 5.41) is 0. The number of alkyl halides is 1. The fourth-order valence-electron chi connectivity index (χ4n) is 6.38. The minimum absolute atomic E-state index is 0.789. The molecule has 1 radical (unpaired) electrons. The second kappa shape index (κ2) is 5.34. The Bertz CT molecular complexity index is 407. The average molecular weight is 369 g/mol. The van der Waals surface area contributed by atoms with Crippen LogP contribution in [0.15, 0.2) is 0 Å². The lowest BCUT2D eigenvalue weighted by molar-refractivity contribution is 0.168. The summed E-state index contributed by atoms with van der Waals surface area (Å²) in [6.45, 7) is 7.80. The van der Waals surface area contributed by atoms with Gasteiger partial charge in [-0.1, -0.05) is 48.4 Å². The van der Waals surface area contributed by atoms with Gasteiger partial charge in [0.2, 0.25) is 0 Å². The van der Waals surface area contributed by atoms with Gasteiger partial charge in [-0.05, 0) is 62.2 Å². The molecule has 3 heteroatoms. The van der Waals surface area contributed by atoms with Crippen LogP contribution in [0.25, 0.3) is 0 Å². The van der Waals surface area contributed by atoms with Crippen molar-refractivity contribution in [3.63, 3.8) is 0 Å². The number of hydrogen-bond acceptors (Lipinski definition) is 1. The zero-order chi connectivity index (χ0) is 14.8. The maximum atomic E-state index is 3.95. The summed E-state index contributed by atoms with van der Waals surface area (Å²) in [5.74, 6) is 3.86. The Labute approximate surface area is 140 Å². The van der Waals surface area contributed by atoms with Crippen LogP contribution < -0.4 is 0 Å². The second-order valence-corrected chi connectivity index (χ2v) is 15.2. The predicted octanol–water partition coefficient (Wildman–Crippen LogP) is 5.08. The highest BCUT2D eigenvalue weighted by atomic mass is 79.9. The van der Waals surface area contributed by atoms with Gasteiger partial charge in [0.1, 0.15) is 8.24 Å². The Balaban J connectivity index is 1.68. The third-order valence-electron chi connectivity index (χ3n) is 6.92. The van der Waals surface area contributed by atoms with Crippen molar-refractivity contribution in [2.24, 2.45) is 23.7 Å². The van der Waals surface area contributed by atoms with E-state index in [1.165, 1.54) is 44.9 Å². The van der Waals surface area contributed by atoms with Gasteiger partial charge in [0.05, 0.1) is 0 Å². The van der Waals surface area contributed by atoms with Gasteiger partial charge in [0, 0.05) is 16.9 Å². The molecule has 7 atom stereocenters. The smallest absolute Gasteiger partial charge is 0.119 e. The Kier molecular flexibility index (Phi) is 3.87. The molecule has 21 heavy (non-hydrogen) atoms. The molecule has 0 aromatic carbocycles. The quantitative estimate of drug-likeness (QED) is 0.460. The lowest BCUT2D eigenvalue weighted by Crippen LogP contribution is -2.56. The molecule has 4 aliphatic rings. The summed E-state index contributed by atoms with van der Waals surface area (Å²) in [4.78, 5) is 0.789. The van der Waals surface area contributed by atoms with Crippen LogP contribution in [-0.4, -0.2) is 29.7 Å². The first kappa shape index (κ1) is 15.2. The van der Waals surface area contributed by atoms with Gasteiger partial charge in [-0.25, -0.2) is 0 Å². The number of nitrogens with zero attached hydrogens (tertiary/aromatic N) is 1. The molecule has 0 spiro atoms. The molecule has 4 rings (SSSR count). The Morgan fingerprint density at radius 2 is 1.76 bits per heavy atom. The predicted molar refractivity (Wildman–Crippen MR) is 96.1 cm³/mol. The molecule has 0 aromatic heterocycles. The van der Waals surface area contributed by atoms with E-state index in [2.05, 4.69) is 46.6 Å². The highest BCUT2D eigenvalue weighted by Gasteiger charge is 2.60. The third-order valence-corrected chi connectivity index (χ3v) is 9.93. The van der Waals surface area contributed by atoms with Crippen LogP contribution in [0.1, 0.15) is 44.9 Å². The van der Waals surface area contributed by atoms with Crippen molar-refractivity contribution in [2.75, 3.05) is 0 Å². The Morgan fingerprint density at radius 3 is 2.52 bits per heavy atom. The fourth-order valence-corrected chi connectivity index (χ4v) is 9.65. The monoisotopic (exact) mass is 368 g/mol. The number of halogens is 1. The van der Waals surface area contributed by atoms with Crippen molar-refractivity contribution in [3.8, 4) is 0 Å². The van der Waals surface area contributed by atoms with E-state index in [-0.39, 0.29) is 0 Å². The molecular weight excluding hydrogens is 338 g/mol. The van der Waals surface area contributed by atoms with Crippen molar-refractivity contribution in [1.29, 1.82) is 0 Å². The zero-order valence-electron chi connectivity index (χ0n) is 13.9. The summed E-state index contributed by atoms with van der Waals surface area (Å²) in [6, 6.07) is 1.84. The van der Waals surface area contributed by atoms with Crippen molar-refractivity contribution in [3.05, 3.63) is 6.42 Å². The number of hydrogen-bond donors (Lipinski definition) is 0. The van der Waals surface area contributed by atoms with Crippen molar-refractivity contribution in [1.82, 2.24) is 4.57 Å². The van der Waals surface area contributed by atoms with Gasteiger partial charge in [0.25, 0.3) is 0 Å². The van der Waals surface area contributed by atoms with E-state index in [1.807, 2.05) is 0 Å². The summed E-state index contributed by atoms with van der Waals surface area (Å²) >= 11 is 3.95. The minimum atomic E-state index is -1.22. The summed E-state index contributed by atoms with van der Waals surface area (Å²) in [7, 11) is -1.22. The summed E-state index contributed by atoms with van der Waals surface area (Å²) in [6.07, 6.45) is 13.1. The molecule has 0 aromatic rings. The minimum Gasteiger partial charge on any atom is -0.318 e. The molecule has 1 nitrogen and oxygen atoms in total. The van der Waals surface area contributed by atoms with Crippen LogP contribution in [0, 0.1) is 30.1 Å². The van der Waals surface area contributed by atoms with Gasteiger partial charge < -0.3 is 4.57 Å². The van der Waals surface area contributed by atoms with Gasteiger partial charge in [-0.3, -0.25) is 0 Å². The van der Waals surface area contributed by atoms with Gasteiger partial charge in [-0.15, -0.1) is 0 Å². The van der Waals surface area contributed by atoms with E-state index < -0.39 is 8.24 Å². The van der Waals surface area contributed by atoms with E-state index in [9.17, 15) is 0 Å². The standard InChI is InChI=1S/C18H31BrNSi/c1-21(2,3)20-17-9-8-13(19)11-15(17)16-10-12-6-4-5-7-14(12)18(16)20/h10,12-18H,4-9,11H2,1-3H3. The molecule has 1 saturated heterocycles. The zero-order valence-corrected chi connectivity index (χ0v) is 16.5. The van der Waals surface area contributed by atoms with Crippen molar-refractivity contribution < 1.29 is 0 Å². The van der Waals surface area contributed by atoms with E-state index in [4.69, 9.17) is 0 Å². The molecule has 7 unspecified atom stereocenters. The molecule has 0 N–H and O–H groups in total. The largest absolute Gasteiger partial charge is 0.318 e. The van der Waals surface area contributed by atoms with Gasteiger partial charge in [-0.2, -0.15) is 0 Å². The topological polar surface area (TPSA) is 3.24 Å². The van der Waals surface area contributed by atoms with E-state index >= 15 is 0 Å². The molecule has 3 aliphatic carbocycles. The summed E-state index contributed by atoms with van der Waals surface area (Å²) < 4.78 is 3.13. The average Bonchev–Trinajstić information content (AvgIpc) is 2.92. The fraction of sp³-hybridized carbons (Fsp3) is 0.944. The van der Waals surface area contributed by atoms with Crippen molar-refractivity contribution >= 4 is 24.2 Å². The highest BCUT2D eigenvalue weighted by molar-refractivity contribution is 9.09. The molecule has 3 saturated carbocycles. The highest BCUT2D eigenvalue weighted by Crippen LogP contribution is 2.58. The van der Waals surface area contributed by atoms with Crippen LogP contribution in [0.2, 0.25) is 19.6 Å². The van der Waals surface area contributed by atoms with Crippen LogP contribution in [0.5, 0.6) is 0 Å². The Hall–Kier alpha value is 0.657. The first-order valence-electron chi connectivity index (χ1n) is 9.24. The lowest BCUT2D eigenvalue weighted by Gasteiger charge is -2.46.